The van der Waals surface area contributed by atoms with Crippen molar-refractivity contribution in [3.63, 3.8) is 0 Å². The predicted octanol–water partition coefficient (Wildman–Crippen LogP) is 2.51. The molecule has 1 rings (SSSR count). The first-order valence-electron chi connectivity index (χ1n) is 4.09. The van der Waals surface area contributed by atoms with Gasteiger partial charge in [0.05, 0.1) is 12.2 Å². The van der Waals surface area contributed by atoms with Crippen LogP contribution in [0.25, 0.3) is 0 Å². The summed E-state index contributed by atoms with van der Waals surface area (Å²) in [5, 5.41) is 2.40. The van der Waals surface area contributed by atoms with Gasteiger partial charge in [0.15, 0.2) is 0 Å². The summed E-state index contributed by atoms with van der Waals surface area (Å²) in [5.41, 5.74) is 0.983. The summed E-state index contributed by atoms with van der Waals surface area (Å²) in [5.74, 6) is 5.77. The second-order valence-corrected chi connectivity index (χ2v) is 3.37. The molecule has 0 aliphatic heterocycles. The van der Waals surface area contributed by atoms with Crippen molar-refractivity contribution in [3.05, 3.63) is 41.4 Å². The van der Waals surface area contributed by atoms with Gasteiger partial charge in [-0.25, -0.2) is 5.84 Å². The lowest BCUT2D eigenvalue weighted by atomic mass is 10.3. The topological polar surface area (TPSA) is 29.3 Å². The minimum absolute atomic E-state index is 0.624. The second-order valence-electron chi connectivity index (χ2n) is 2.78. The first kappa shape index (κ1) is 10.1. The number of hydrogen-bond acceptors (Lipinski definition) is 2. The van der Waals surface area contributed by atoms with Crippen molar-refractivity contribution in [1.82, 2.24) is 0 Å². The van der Waals surface area contributed by atoms with Crippen molar-refractivity contribution in [2.75, 3.05) is 11.6 Å². The molecular weight excluding hydrogens is 184 g/mol. The van der Waals surface area contributed by atoms with Gasteiger partial charge in [0.1, 0.15) is 0 Å². The zero-order chi connectivity index (χ0) is 9.68. The fourth-order valence-electron chi connectivity index (χ4n) is 0.949. The molecular formula is C10H13ClN2. The Morgan fingerprint density at radius 2 is 2.08 bits per heavy atom. The largest absolute Gasteiger partial charge is 0.307 e. The van der Waals surface area contributed by atoms with Crippen LogP contribution in [-0.2, 0) is 0 Å². The molecule has 13 heavy (non-hydrogen) atoms. The Bertz CT molecular complexity index is 278. The first-order valence-corrected chi connectivity index (χ1v) is 4.47. The van der Waals surface area contributed by atoms with Crippen molar-refractivity contribution in [3.8, 4) is 0 Å². The Morgan fingerprint density at radius 1 is 1.46 bits per heavy atom. The van der Waals surface area contributed by atoms with Crippen molar-refractivity contribution >= 4 is 17.3 Å². The number of nitrogens with two attached hydrogens (primary N) is 1. The van der Waals surface area contributed by atoms with E-state index < -0.39 is 0 Å². The van der Waals surface area contributed by atoms with Crippen LogP contribution in [0.3, 0.4) is 0 Å². The maximum atomic E-state index is 5.77. The third-order valence-electron chi connectivity index (χ3n) is 1.66. The van der Waals surface area contributed by atoms with E-state index in [1.54, 1.807) is 5.01 Å². The van der Waals surface area contributed by atoms with E-state index in [9.17, 15) is 0 Å². The summed E-state index contributed by atoms with van der Waals surface area (Å²) in [6.45, 7) is 2.46. The van der Waals surface area contributed by atoms with E-state index in [1.165, 1.54) is 0 Å². The van der Waals surface area contributed by atoms with Gasteiger partial charge in [-0.15, -0.1) is 0 Å². The summed E-state index contributed by atoms with van der Waals surface area (Å²) >= 11 is 5.69. The van der Waals surface area contributed by atoms with Gasteiger partial charge < -0.3 is 5.01 Å². The SMILES string of the molecule is C/C(Cl)=C\CN(N)c1ccccc1. The zero-order valence-corrected chi connectivity index (χ0v) is 8.33. The quantitative estimate of drug-likeness (QED) is 0.595. The van der Waals surface area contributed by atoms with E-state index in [-0.39, 0.29) is 0 Å². The molecule has 0 aromatic heterocycles. The van der Waals surface area contributed by atoms with E-state index in [1.807, 2.05) is 43.3 Å². The van der Waals surface area contributed by atoms with Crippen LogP contribution < -0.4 is 10.9 Å². The fraction of sp³-hybridized carbons (Fsp3) is 0.200. The summed E-state index contributed by atoms with van der Waals surface area (Å²) in [4.78, 5) is 0. The average molecular weight is 197 g/mol. The summed E-state index contributed by atoms with van der Waals surface area (Å²) in [6, 6.07) is 9.77. The number of nitrogens with zero attached hydrogens (tertiary/aromatic N) is 1. The van der Waals surface area contributed by atoms with E-state index in [0.29, 0.717) is 6.54 Å². The van der Waals surface area contributed by atoms with Crippen molar-refractivity contribution in [2.24, 2.45) is 5.84 Å². The molecule has 0 saturated carbocycles. The summed E-state index contributed by atoms with van der Waals surface area (Å²) in [6.07, 6.45) is 1.87. The van der Waals surface area contributed by atoms with E-state index in [2.05, 4.69) is 0 Å². The van der Waals surface area contributed by atoms with Crippen LogP contribution >= 0.6 is 11.6 Å². The molecule has 2 N–H and O–H groups in total. The molecule has 0 unspecified atom stereocenters. The molecule has 2 nitrogen and oxygen atoms in total. The van der Waals surface area contributed by atoms with Gasteiger partial charge in [-0.05, 0) is 25.1 Å². The van der Waals surface area contributed by atoms with Crippen LogP contribution in [0.5, 0.6) is 0 Å². The molecule has 0 amide bonds. The molecule has 1 aromatic carbocycles. The van der Waals surface area contributed by atoms with Crippen molar-refractivity contribution in [1.29, 1.82) is 0 Å². The summed E-state index contributed by atoms with van der Waals surface area (Å²) in [7, 11) is 0. The molecule has 0 radical (unpaired) electrons. The Hall–Kier alpha value is -0.990. The maximum Gasteiger partial charge on any atom is 0.0537 e. The van der Waals surface area contributed by atoms with Crippen LogP contribution in [-0.4, -0.2) is 6.54 Å². The third-order valence-corrected chi connectivity index (χ3v) is 1.81. The Balaban J connectivity index is 2.59. The number of halogens is 1. The smallest absolute Gasteiger partial charge is 0.0537 e. The number of para-hydroxylation sites is 1. The molecule has 0 atom stereocenters. The molecule has 0 bridgehead atoms. The summed E-state index contributed by atoms with van der Waals surface area (Å²) < 4.78 is 0. The Morgan fingerprint density at radius 3 is 2.62 bits per heavy atom. The normalized spacial score (nSPS) is 11.5. The average Bonchev–Trinajstić information content (AvgIpc) is 2.15. The van der Waals surface area contributed by atoms with E-state index in [4.69, 9.17) is 17.4 Å². The highest BCUT2D eigenvalue weighted by Crippen LogP contribution is 2.09. The van der Waals surface area contributed by atoms with Crippen molar-refractivity contribution < 1.29 is 0 Å². The monoisotopic (exact) mass is 196 g/mol. The Kier molecular flexibility index (Phi) is 3.80. The van der Waals surface area contributed by atoms with Crippen LogP contribution in [0.4, 0.5) is 5.69 Å². The first-order chi connectivity index (χ1) is 6.20. The highest BCUT2D eigenvalue weighted by atomic mass is 35.5. The minimum Gasteiger partial charge on any atom is -0.307 e. The van der Waals surface area contributed by atoms with E-state index in [0.717, 1.165) is 10.7 Å². The number of hydrazine groups is 1. The molecule has 0 spiro atoms. The third kappa shape index (κ3) is 3.49. The fourth-order valence-corrected chi connectivity index (χ4v) is 1.02. The zero-order valence-electron chi connectivity index (χ0n) is 7.57. The lowest BCUT2D eigenvalue weighted by Gasteiger charge is -2.16. The maximum absolute atomic E-state index is 5.77. The predicted molar refractivity (Wildman–Crippen MR) is 57.6 cm³/mol. The number of allylic oxidation sites excluding steroid dienone is 1. The van der Waals surface area contributed by atoms with Crippen LogP contribution in [0.1, 0.15) is 6.92 Å². The van der Waals surface area contributed by atoms with Crippen molar-refractivity contribution in [2.45, 2.75) is 6.92 Å². The van der Waals surface area contributed by atoms with Gasteiger partial charge in [0, 0.05) is 5.03 Å². The van der Waals surface area contributed by atoms with E-state index >= 15 is 0 Å². The van der Waals surface area contributed by atoms with Gasteiger partial charge in [0.25, 0.3) is 0 Å². The molecule has 0 saturated heterocycles. The number of rotatable bonds is 3. The van der Waals surface area contributed by atoms with Crippen LogP contribution in [0.15, 0.2) is 41.4 Å². The molecule has 1 aromatic rings. The molecule has 70 valence electrons. The van der Waals surface area contributed by atoms with Gasteiger partial charge in [-0.3, -0.25) is 0 Å². The second kappa shape index (κ2) is 4.90. The van der Waals surface area contributed by atoms with Crippen LogP contribution in [0.2, 0.25) is 0 Å². The highest BCUT2D eigenvalue weighted by Gasteiger charge is 1.96. The molecule has 3 heteroatoms. The molecule has 0 heterocycles. The van der Waals surface area contributed by atoms with Gasteiger partial charge in [0.2, 0.25) is 0 Å². The lowest BCUT2D eigenvalue weighted by molar-refractivity contribution is 0.938. The number of hydrogen-bond donors (Lipinski definition) is 1. The number of benzene rings is 1. The van der Waals surface area contributed by atoms with Gasteiger partial charge in [-0.1, -0.05) is 29.8 Å². The minimum atomic E-state index is 0.624. The van der Waals surface area contributed by atoms with Crippen LogP contribution in [0, 0.1) is 0 Å². The highest BCUT2D eigenvalue weighted by molar-refractivity contribution is 6.29. The lowest BCUT2D eigenvalue weighted by Crippen LogP contribution is -2.30. The van der Waals surface area contributed by atoms with Gasteiger partial charge >= 0.3 is 0 Å². The molecule has 0 fully saturated rings. The Labute approximate surface area is 83.6 Å². The molecule has 0 aliphatic rings. The molecule has 0 aliphatic carbocycles. The van der Waals surface area contributed by atoms with Gasteiger partial charge in [-0.2, -0.15) is 0 Å². The number of anilines is 1. The standard InChI is InChI=1S/C10H13ClN2/c1-9(11)7-8-13(12)10-5-3-2-4-6-10/h2-7H,8,12H2,1H3/b9-7+.